The first-order valence-electron chi connectivity index (χ1n) is 4.68. The molecular formula is C9H19N2Rb. The molecule has 0 unspecified atom stereocenters. The van der Waals surface area contributed by atoms with Crippen LogP contribution in [0, 0.1) is 0 Å². The fraction of sp³-hybridized carbons (Fsp3) is 1.00. The molecule has 2 rings (SSSR count). The summed E-state index contributed by atoms with van der Waals surface area (Å²) in [5.74, 6) is 0. The van der Waals surface area contributed by atoms with E-state index in [4.69, 9.17) is 0 Å². The molecule has 1 saturated carbocycles. The SMILES string of the molecule is CC.CN1CC[N-]C2(CC2)C1.[Rb+]. The van der Waals surface area contributed by atoms with Gasteiger partial charge in [-0.25, -0.2) is 0 Å². The maximum absolute atomic E-state index is 4.58. The molecule has 1 spiro atoms. The molecule has 0 aromatic carbocycles. The van der Waals surface area contributed by atoms with Gasteiger partial charge in [0.1, 0.15) is 0 Å². The summed E-state index contributed by atoms with van der Waals surface area (Å²) in [4.78, 5) is 2.39. The van der Waals surface area contributed by atoms with Crippen molar-refractivity contribution >= 4 is 0 Å². The smallest absolute Gasteiger partial charge is 0.655 e. The van der Waals surface area contributed by atoms with E-state index >= 15 is 0 Å². The van der Waals surface area contributed by atoms with E-state index in [9.17, 15) is 0 Å². The second kappa shape index (κ2) is 6.25. The Morgan fingerprint density at radius 2 is 1.83 bits per heavy atom. The molecule has 1 heterocycles. The van der Waals surface area contributed by atoms with Crippen LogP contribution in [0.1, 0.15) is 26.7 Å². The van der Waals surface area contributed by atoms with Crippen molar-refractivity contribution in [1.29, 1.82) is 0 Å². The van der Waals surface area contributed by atoms with Crippen LogP contribution in [-0.4, -0.2) is 37.1 Å². The molecule has 2 nitrogen and oxygen atoms in total. The molecule has 0 bridgehead atoms. The van der Waals surface area contributed by atoms with E-state index in [1.165, 1.54) is 25.9 Å². The second-order valence-corrected chi connectivity index (χ2v) is 3.34. The summed E-state index contributed by atoms with van der Waals surface area (Å²) in [6.45, 7) is 7.45. The summed E-state index contributed by atoms with van der Waals surface area (Å²) >= 11 is 0. The number of piperazine rings is 1. The summed E-state index contributed by atoms with van der Waals surface area (Å²) in [7, 11) is 2.19. The normalized spacial score (nSPS) is 25.2. The number of hydrogen-bond donors (Lipinski definition) is 0. The Labute approximate surface area is 125 Å². The quantitative estimate of drug-likeness (QED) is 0.524. The van der Waals surface area contributed by atoms with Crippen LogP contribution in [0.2, 0.25) is 0 Å². The Bertz CT molecular complexity index is 124. The average molecular weight is 241 g/mol. The molecule has 0 N–H and O–H groups in total. The van der Waals surface area contributed by atoms with E-state index in [-0.39, 0.29) is 58.2 Å². The fourth-order valence-electron chi connectivity index (χ4n) is 1.55. The monoisotopic (exact) mass is 240 g/mol. The molecule has 0 radical (unpaired) electrons. The number of rotatable bonds is 0. The molecule has 66 valence electrons. The van der Waals surface area contributed by atoms with Gasteiger partial charge >= 0.3 is 58.2 Å². The van der Waals surface area contributed by atoms with Crippen LogP contribution in [0.15, 0.2) is 0 Å². The van der Waals surface area contributed by atoms with Crippen LogP contribution in [0.25, 0.3) is 5.32 Å². The number of nitrogens with zero attached hydrogens (tertiary/aromatic N) is 2. The zero-order valence-corrected chi connectivity index (χ0v) is 13.8. The minimum Gasteiger partial charge on any atom is -0.655 e. The average Bonchev–Trinajstić information content (AvgIpc) is 2.73. The summed E-state index contributed by atoms with van der Waals surface area (Å²) in [6, 6.07) is 0. The van der Waals surface area contributed by atoms with Crippen molar-refractivity contribution in [3.63, 3.8) is 0 Å². The van der Waals surface area contributed by atoms with Gasteiger partial charge in [0.25, 0.3) is 0 Å². The molecule has 12 heavy (non-hydrogen) atoms. The van der Waals surface area contributed by atoms with Gasteiger partial charge in [-0.3, -0.25) is 0 Å². The predicted octanol–water partition coefficient (Wildman–Crippen LogP) is -1.13. The summed E-state index contributed by atoms with van der Waals surface area (Å²) in [5.41, 5.74) is 0.451. The summed E-state index contributed by atoms with van der Waals surface area (Å²) in [6.07, 6.45) is 2.69. The van der Waals surface area contributed by atoms with Gasteiger partial charge in [0, 0.05) is 0 Å². The predicted molar refractivity (Wildman–Crippen MR) is 49.0 cm³/mol. The van der Waals surface area contributed by atoms with Crippen LogP contribution in [0.4, 0.5) is 0 Å². The third-order valence-electron chi connectivity index (χ3n) is 2.32. The van der Waals surface area contributed by atoms with Gasteiger partial charge in [0.05, 0.1) is 0 Å². The van der Waals surface area contributed by atoms with E-state index in [2.05, 4.69) is 17.3 Å². The van der Waals surface area contributed by atoms with Crippen molar-refractivity contribution in [2.75, 3.05) is 26.7 Å². The van der Waals surface area contributed by atoms with Crippen molar-refractivity contribution in [1.82, 2.24) is 4.90 Å². The zero-order chi connectivity index (χ0) is 8.32. The van der Waals surface area contributed by atoms with Gasteiger partial charge in [0.15, 0.2) is 0 Å². The molecule has 1 saturated heterocycles. The van der Waals surface area contributed by atoms with Gasteiger partial charge in [-0.15, -0.1) is 12.1 Å². The Morgan fingerprint density at radius 3 is 2.17 bits per heavy atom. The minimum absolute atomic E-state index is 0. The zero-order valence-electron chi connectivity index (χ0n) is 8.93. The van der Waals surface area contributed by atoms with Gasteiger partial charge in [-0.2, -0.15) is 0 Å². The molecule has 1 aliphatic carbocycles. The molecule has 0 aromatic heterocycles. The maximum Gasteiger partial charge on any atom is 1.00 e. The van der Waals surface area contributed by atoms with E-state index in [0.717, 1.165) is 6.54 Å². The van der Waals surface area contributed by atoms with Crippen molar-refractivity contribution in [3.8, 4) is 0 Å². The van der Waals surface area contributed by atoms with Crippen LogP contribution in [-0.2, 0) is 0 Å². The van der Waals surface area contributed by atoms with Crippen molar-refractivity contribution < 1.29 is 58.2 Å². The molecule has 3 heteroatoms. The molecule has 1 aliphatic heterocycles. The number of hydrogen-bond acceptors (Lipinski definition) is 1. The second-order valence-electron chi connectivity index (χ2n) is 3.34. The molecule has 0 amide bonds. The van der Waals surface area contributed by atoms with E-state index in [1.807, 2.05) is 13.8 Å². The van der Waals surface area contributed by atoms with E-state index in [0.29, 0.717) is 5.54 Å². The molecular weight excluding hydrogens is 222 g/mol. The van der Waals surface area contributed by atoms with Crippen LogP contribution < -0.4 is 58.2 Å². The summed E-state index contributed by atoms with van der Waals surface area (Å²) in [5, 5.41) is 4.58. The number of likely N-dealkylation sites (N-methyl/N-ethyl adjacent to an activating group) is 1. The van der Waals surface area contributed by atoms with Crippen LogP contribution in [0.3, 0.4) is 0 Å². The van der Waals surface area contributed by atoms with Gasteiger partial charge in [-0.1, -0.05) is 26.7 Å². The van der Waals surface area contributed by atoms with Gasteiger partial charge in [-0.05, 0) is 20.1 Å². The Kier molecular flexibility index (Phi) is 7.15. The van der Waals surface area contributed by atoms with Crippen molar-refractivity contribution in [3.05, 3.63) is 5.32 Å². The molecule has 0 aromatic rings. The first kappa shape index (κ1) is 13.7. The van der Waals surface area contributed by atoms with E-state index in [1.54, 1.807) is 0 Å². The fourth-order valence-corrected chi connectivity index (χ4v) is 1.55. The topological polar surface area (TPSA) is 17.3 Å². The van der Waals surface area contributed by atoms with Crippen molar-refractivity contribution in [2.45, 2.75) is 32.2 Å². The largest absolute Gasteiger partial charge is 1.00 e. The molecule has 2 aliphatic rings. The molecule has 0 atom stereocenters. The Morgan fingerprint density at radius 1 is 1.25 bits per heavy atom. The Balaban J connectivity index is 0.000000378. The molecule has 2 fully saturated rings. The third-order valence-corrected chi connectivity index (χ3v) is 2.32. The first-order valence-corrected chi connectivity index (χ1v) is 4.68. The maximum atomic E-state index is 4.58. The minimum atomic E-state index is 0. The van der Waals surface area contributed by atoms with Crippen LogP contribution >= 0.6 is 0 Å². The van der Waals surface area contributed by atoms with Crippen molar-refractivity contribution in [2.24, 2.45) is 0 Å². The summed E-state index contributed by atoms with van der Waals surface area (Å²) < 4.78 is 0. The standard InChI is InChI=1S/C7H13N2.C2H6.Rb/c1-9-5-4-8-7(6-9)2-3-7;1-2;/h2-6H2,1H3;1-2H3;/q-1;;+1. The van der Waals surface area contributed by atoms with E-state index < -0.39 is 0 Å². The first-order chi connectivity index (χ1) is 5.31. The van der Waals surface area contributed by atoms with Gasteiger partial charge in [0.2, 0.25) is 0 Å². The van der Waals surface area contributed by atoms with Crippen LogP contribution in [0.5, 0.6) is 0 Å². The van der Waals surface area contributed by atoms with Gasteiger partial charge < -0.3 is 10.2 Å². The third kappa shape index (κ3) is 3.85. The Hall–Kier alpha value is 1.73.